The fraction of sp³-hybridized carbons (Fsp3) is 0.385. The molecule has 0 bridgehead atoms. The topological polar surface area (TPSA) is 87.7 Å². The van der Waals surface area contributed by atoms with E-state index in [1.165, 1.54) is 0 Å². The van der Waals surface area contributed by atoms with Crippen molar-refractivity contribution in [2.75, 3.05) is 0 Å². The van der Waals surface area contributed by atoms with E-state index in [9.17, 15) is 4.79 Å². The van der Waals surface area contributed by atoms with Crippen LogP contribution in [0.2, 0.25) is 5.02 Å². The second-order valence-corrected chi connectivity index (χ2v) is 4.99. The van der Waals surface area contributed by atoms with Crippen molar-refractivity contribution >= 4 is 23.3 Å². The number of hydrogen-bond donors (Lipinski definition) is 3. The molecule has 0 aliphatic heterocycles. The maximum atomic E-state index is 11.9. The minimum absolute atomic E-state index is 0.0116. The SMILES string of the molecule is CC(C)C(NC(=O)Cc1ccccc1Cl)C(N)=NO. The molecule has 1 rings (SSSR count). The molecule has 0 spiro atoms. The first-order chi connectivity index (χ1) is 8.95. The predicted molar refractivity (Wildman–Crippen MR) is 75.3 cm³/mol. The van der Waals surface area contributed by atoms with Gasteiger partial charge in [0.05, 0.1) is 12.5 Å². The Kier molecular flexibility index (Phi) is 5.63. The average molecular weight is 284 g/mol. The molecular weight excluding hydrogens is 266 g/mol. The smallest absolute Gasteiger partial charge is 0.225 e. The fourth-order valence-corrected chi connectivity index (χ4v) is 1.89. The summed E-state index contributed by atoms with van der Waals surface area (Å²) in [6.07, 6.45) is 0.154. The largest absolute Gasteiger partial charge is 0.409 e. The van der Waals surface area contributed by atoms with Crippen LogP contribution in [-0.4, -0.2) is 23.0 Å². The number of rotatable bonds is 5. The lowest BCUT2D eigenvalue weighted by atomic mass is 10.0. The first-order valence-electron chi connectivity index (χ1n) is 5.96. The van der Waals surface area contributed by atoms with Gasteiger partial charge in [-0.25, -0.2) is 0 Å². The molecule has 1 aromatic rings. The summed E-state index contributed by atoms with van der Waals surface area (Å²) in [5.41, 5.74) is 6.29. The Morgan fingerprint density at radius 3 is 2.63 bits per heavy atom. The van der Waals surface area contributed by atoms with Gasteiger partial charge in [-0.2, -0.15) is 0 Å². The van der Waals surface area contributed by atoms with E-state index < -0.39 is 6.04 Å². The monoisotopic (exact) mass is 283 g/mol. The van der Waals surface area contributed by atoms with E-state index in [1.54, 1.807) is 18.2 Å². The molecular formula is C13H18ClN3O2. The molecule has 104 valence electrons. The highest BCUT2D eigenvalue weighted by atomic mass is 35.5. The number of carbonyl (C=O) groups excluding carboxylic acids is 1. The van der Waals surface area contributed by atoms with Crippen LogP contribution < -0.4 is 11.1 Å². The number of oxime groups is 1. The van der Waals surface area contributed by atoms with Crippen molar-refractivity contribution in [1.82, 2.24) is 5.32 Å². The lowest BCUT2D eigenvalue weighted by molar-refractivity contribution is -0.121. The van der Waals surface area contributed by atoms with E-state index in [2.05, 4.69) is 10.5 Å². The molecule has 4 N–H and O–H groups in total. The van der Waals surface area contributed by atoms with E-state index >= 15 is 0 Å². The molecule has 0 radical (unpaired) electrons. The first-order valence-corrected chi connectivity index (χ1v) is 6.33. The highest BCUT2D eigenvalue weighted by Gasteiger charge is 2.20. The van der Waals surface area contributed by atoms with Gasteiger partial charge >= 0.3 is 0 Å². The predicted octanol–water partition coefficient (Wildman–Crippen LogP) is 1.77. The summed E-state index contributed by atoms with van der Waals surface area (Å²) in [5.74, 6) is -0.216. The molecule has 0 saturated heterocycles. The third kappa shape index (κ3) is 4.44. The summed E-state index contributed by atoms with van der Waals surface area (Å²) in [6.45, 7) is 3.75. The van der Waals surface area contributed by atoms with Gasteiger partial charge in [-0.05, 0) is 17.5 Å². The molecule has 1 aromatic carbocycles. The van der Waals surface area contributed by atoms with Crippen molar-refractivity contribution in [1.29, 1.82) is 0 Å². The number of benzene rings is 1. The number of hydrogen-bond acceptors (Lipinski definition) is 3. The standard InChI is InChI=1S/C13H18ClN3O2/c1-8(2)12(13(15)17-19)16-11(18)7-9-5-3-4-6-10(9)14/h3-6,8,12,19H,7H2,1-2H3,(H2,15,17)(H,16,18). The van der Waals surface area contributed by atoms with Crippen molar-refractivity contribution in [2.24, 2.45) is 16.8 Å². The van der Waals surface area contributed by atoms with Crippen LogP contribution in [-0.2, 0) is 11.2 Å². The lowest BCUT2D eigenvalue weighted by Gasteiger charge is -2.21. The lowest BCUT2D eigenvalue weighted by Crippen LogP contribution is -2.48. The second-order valence-electron chi connectivity index (χ2n) is 4.58. The van der Waals surface area contributed by atoms with Crippen LogP contribution in [0.25, 0.3) is 0 Å². The molecule has 0 heterocycles. The van der Waals surface area contributed by atoms with Crippen LogP contribution in [0.1, 0.15) is 19.4 Å². The summed E-state index contributed by atoms with van der Waals surface area (Å²) in [7, 11) is 0. The molecule has 5 nitrogen and oxygen atoms in total. The summed E-state index contributed by atoms with van der Waals surface area (Å²) >= 11 is 5.99. The summed E-state index contributed by atoms with van der Waals surface area (Å²) < 4.78 is 0. The Hall–Kier alpha value is -1.75. The summed E-state index contributed by atoms with van der Waals surface area (Å²) in [6, 6.07) is 6.64. The van der Waals surface area contributed by atoms with Crippen molar-refractivity contribution in [2.45, 2.75) is 26.3 Å². The number of nitrogens with zero attached hydrogens (tertiary/aromatic N) is 1. The quantitative estimate of drug-likeness (QED) is 0.333. The van der Waals surface area contributed by atoms with Crippen LogP contribution in [0.15, 0.2) is 29.4 Å². The van der Waals surface area contributed by atoms with Crippen LogP contribution in [0.4, 0.5) is 0 Å². The number of halogens is 1. The summed E-state index contributed by atoms with van der Waals surface area (Å²) in [4.78, 5) is 11.9. The minimum Gasteiger partial charge on any atom is -0.409 e. The van der Waals surface area contributed by atoms with Crippen molar-refractivity contribution < 1.29 is 10.0 Å². The third-order valence-corrected chi connectivity index (χ3v) is 3.09. The maximum Gasteiger partial charge on any atom is 0.225 e. The van der Waals surface area contributed by atoms with Gasteiger partial charge in [-0.3, -0.25) is 4.79 Å². The maximum absolute atomic E-state index is 11.9. The normalized spacial score (nSPS) is 13.4. The fourth-order valence-electron chi connectivity index (χ4n) is 1.68. The Balaban J connectivity index is 2.71. The van der Waals surface area contributed by atoms with Gasteiger partial charge in [-0.15, -0.1) is 0 Å². The molecule has 0 aromatic heterocycles. The van der Waals surface area contributed by atoms with E-state index in [1.807, 2.05) is 19.9 Å². The van der Waals surface area contributed by atoms with Gasteiger partial charge in [0.25, 0.3) is 0 Å². The molecule has 0 aliphatic rings. The Morgan fingerprint density at radius 2 is 2.11 bits per heavy atom. The van der Waals surface area contributed by atoms with Gasteiger partial charge in [0.2, 0.25) is 5.91 Å². The molecule has 1 amide bonds. The molecule has 0 aliphatic carbocycles. The summed E-state index contributed by atoms with van der Waals surface area (Å²) in [5, 5.41) is 14.9. The number of carbonyl (C=O) groups is 1. The van der Waals surface area contributed by atoms with E-state index in [0.717, 1.165) is 5.56 Å². The zero-order chi connectivity index (χ0) is 14.4. The molecule has 0 saturated carbocycles. The van der Waals surface area contributed by atoms with Crippen LogP contribution in [0, 0.1) is 5.92 Å². The van der Waals surface area contributed by atoms with Crippen molar-refractivity contribution in [3.63, 3.8) is 0 Å². The Bertz CT molecular complexity index is 475. The van der Waals surface area contributed by atoms with E-state index in [-0.39, 0.29) is 24.1 Å². The number of amidine groups is 1. The minimum atomic E-state index is -0.500. The van der Waals surface area contributed by atoms with Gasteiger partial charge in [0.1, 0.15) is 0 Å². The number of nitrogens with one attached hydrogen (secondary N) is 1. The number of amides is 1. The number of nitrogens with two attached hydrogens (primary N) is 1. The third-order valence-electron chi connectivity index (χ3n) is 2.73. The Labute approximate surface area is 117 Å². The molecule has 0 fully saturated rings. The van der Waals surface area contributed by atoms with Crippen LogP contribution in [0.5, 0.6) is 0 Å². The molecule has 1 atom stereocenters. The zero-order valence-electron chi connectivity index (χ0n) is 10.9. The average Bonchev–Trinajstić information content (AvgIpc) is 2.37. The van der Waals surface area contributed by atoms with Crippen LogP contribution in [0.3, 0.4) is 0 Å². The van der Waals surface area contributed by atoms with Crippen molar-refractivity contribution in [3.05, 3.63) is 34.9 Å². The molecule has 6 heteroatoms. The first kappa shape index (κ1) is 15.3. The highest BCUT2D eigenvalue weighted by Crippen LogP contribution is 2.15. The second kappa shape index (κ2) is 6.99. The van der Waals surface area contributed by atoms with E-state index in [0.29, 0.717) is 5.02 Å². The Morgan fingerprint density at radius 1 is 1.47 bits per heavy atom. The van der Waals surface area contributed by atoms with Gasteiger partial charge < -0.3 is 16.3 Å². The van der Waals surface area contributed by atoms with Gasteiger partial charge in [0.15, 0.2) is 5.84 Å². The zero-order valence-corrected chi connectivity index (χ0v) is 11.7. The van der Waals surface area contributed by atoms with E-state index in [4.69, 9.17) is 22.5 Å². The highest BCUT2D eigenvalue weighted by molar-refractivity contribution is 6.31. The molecule has 19 heavy (non-hydrogen) atoms. The molecule has 1 unspecified atom stereocenters. The van der Waals surface area contributed by atoms with Gasteiger partial charge in [-0.1, -0.05) is 48.8 Å². The van der Waals surface area contributed by atoms with Crippen LogP contribution >= 0.6 is 11.6 Å². The van der Waals surface area contributed by atoms with Crippen molar-refractivity contribution in [3.8, 4) is 0 Å². The van der Waals surface area contributed by atoms with Gasteiger partial charge in [0, 0.05) is 5.02 Å².